The summed E-state index contributed by atoms with van der Waals surface area (Å²) in [5.41, 5.74) is 5.14. The number of benzene rings is 1. The van der Waals surface area contributed by atoms with Gasteiger partial charge in [0.1, 0.15) is 12.4 Å². The number of rotatable bonds is 8. The van der Waals surface area contributed by atoms with Crippen LogP contribution in [0, 0.1) is 0 Å². The molecule has 2 rings (SSSR count). The first-order valence-corrected chi connectivity index (χ1v) is 7.46. The van der Waals surface area contributed by atoms with Crippen LogP contribution >= 0.6 is 0 Å². The molecule has 1 unspecified atom stereocenters. The van der Waals surface area contributed by atoms with E-state index in [4.69, 9.17) is 10.6 Å². The number of hydrogen-bond donors (Lipinski definition) is 2. The molecule has 0 fully saturated rings. The molecular weight excluding hydrogens is 264 g/mol. The van der Waals surface area contributed by atoms with E-state index in [0.29, 0.717) is 6.61 Å². The molecule has 0 aliphatic rings. The zero-order chi connectivity index (χ0) is 15.1. The number of ether oxygens (including phenoxy) is 1. The second-order valence-electron chi connectivity index (χ2n) is 4.99. The minimum Gasteiger partial charge on any atom is -0.492 e. The van der Waals surface area contributed by atoms with Gasteiger partial charge in [-0.2, -0.15) is 5.10 Å². The number of para-hydroxylation sites is 1. The second kappa shape index (κ2) is 7.81. The minimum absolute atomic E-state index is 0.0527. The summed E-state index contributed by atoms with van der Waals surface area (Å²) in [6, 6.07) is 12.0. The van der Waals surface area contributed by atoms with Crippen molar-refractivity contribution < 1.29 is 4.74 Å². The molecule has 0 aliphatic heterocycles. The third-order valence-corrected chi connectivity index (χ3v) is 3.46. The van der Waals surface area contributed by atoms with Crippen molar-refractivity contribution in [2.75, 3.05) is 6.61 Å². The van der Waals surface area contributed by atoms with Crippen LogP contribution < -0.4 is 16.0 Å². The van der Waals surface area contributed by atoms with E-state index < -0.39 is 0 Å². The molecule has 1 aromatic heterocycles. The van der Waals surface area contributed by atoms with E-state index >= 15 is 0 Å². The lowest BCUT2D eigenvalue weighted by molar-refractivity contribution is 0.262. The highest BCUT2D eigenvalue weighted by molar-refractivity contribution is 5.21. The van der Waals surface area contributed by atoms with Gasteiger partial charge in [-0.25, -0.2) is 0 Å². The minimum atomic E-state index is 0.0527. The molecule has 3 N–H and O–H groups in total. The smallest absolute Gasteiger partial charge is 0.119 e. The van der Waals surface area contributed by atoms with Crippen LogP contribution in [0.2, 0.25) is 0 Å². The van der Waals surface area contributed by atoms with Crippen LogP contribution in [-0.2, 0) is 19.4 Å². The molecule has 0 aliphatic carbocycles. The Labute approximate surface area is 126 Å². The average Bonchev–Trinajstić information content (AvgIpc) is 2.94. The van der Waals surface area contributed by atoms with Gasteiger partial charge in [-0.3, -0.25) is 16.0 Å². The predicted molar refractivity (Wildman–Crippen MR) is 84.0 cm³/mol. The van der Waals surface area contributed by atoms with E-state index in [-0.39, 0.29) is 6.04 Å². The zero-order valence-electron chi connectivity index (χ0n) is 12.7. The van der Waals surface area contributed by atoms with Gasteiger partial charge in [0.15, 0.2) is 0 Å². The third kappa shape index (κ3) is 4.31. The van der Waals surface area contributed by atoms with E-state index in [9.17, 15) is 0 Å². The summed E-state index contributed by atoms with van der Waals surface area (Å²) < 4.78 is 7.80. The first-order chi connectivity index (χ1) is 10.3. The maximum Gasteiger partial charge on any atom is 0.119 e. The summed E-state index contributed by atoms with van der Waals surface area (Å²) in [5.74, 6) is 6.51. The fourth-order valence-electron chi connectivity index (χ4n) is 2.26. The Bertz CT molecular complexity index is 538. The van der Waals surface area contributed by atoms with Crippen LogP contribution in [0.5, 0.6) is 5.75 Å². The van der Waals surface area contributed by atoms with Crippen molar-refractivity contribution >= 4 is 0 Å². The van der Waals surface area contributed by atoms with Gasteiger partial charge in [0, 0.05) is 18.7 Å². The van der Waals surface area contributed by atoms with Crippen molar-refractivity contribution in [1.29, 1.82) is 0 Å². The first kappa shape index (κ1) is 15.5. The standard InChI is InChI=1S/C16H24N4O/c1-3-13-10-15(20(4-2)19-13)11-14(18-17)12-21-16-8-6-5-7-9-16/h5-10,14,18H,3-4,11-12,17H2,1-2H3. The Morgan fingerprint density at radius 3 is 2.67 bits per heavy atom. The molecule has 0 spiro atoms. The summed E-state index contributed by atoms with van der Waals surface area (Å²) in [5, 5.41) is 4.56. The van der Waals surface area contributed by atoms with Crippen LogP contribution in [0.3, 0.4) is 0 Å². The third-order valence-electron chi connectivity index (χ3n) is 3.46. The molecule has 1 aromatic carbocycles. The van der Waals surface area contributed by atoms with Crippen LogP contribution in [0.1, 0.15) is 25.2 Å². The van der Waals surface area contributed by atoms with Crippen molar-refractivity contribution in [3.05, 3.63) is 47.8 Å². The highest BCUT2D eigenvalue weighted by atomic mass is 16.5. The molecule has 0 radical (unpaired) electrons. The number of nitrogens with two attached hydrogens (primary N) is 1. The lowest BCUT2D eigenvalue weighted by Crippen LogP contribution is -2.41. The van der Waals surface area contributed by atoms with Crippen molar-refractivity contribution in [3.8, 4) is 5.75 Å². The zero-order valence-corrected chi connectivity index (χ0v) is 12.7. The lowest BCUT2D eigenvalue weighted by atomic mass is 10.1. The number of aryl methyl sites for hydroxylation is 2. The predicted octanol–water partition coefficient (Wildman–Crippen LogP) is 1.92. The first-order valence-electron chi connectivity index (χ1n) is 7.46. The molecule has 1 atom stereocenters. The monoisotopic (exact) mass is 288 g/mol. The van der Waals surface area contributed by atoms with Crippen LogP contribution in [0.15, 0.2) is 36.4 Å². The highest BCUT2D eigenvalue weighted by Crippen LogP contribution is 2.11. The molecule has 0 amide bonds. The fourth-order valence-corrected chi connectivity index (χ4v) is 2.26. The van der Waals surface area contributed by atoms with Gasteiger partial charge < -0.3 is 4.74 Å². The number of hydrazine groups is 1. The average molecular weight is 288 g/mol. The molecule has 114 valence electrons. The number of aromatic nitrogens is 2. The number of nitrogens with zero attached hydrogens (tertiary/aromatic N) is 2. The van der Waals surface area contributed by atoms with Crippen molar-refractivity contribution in [3.63, 3.8) is 0 Å². The molecule has 0 bridgehead atoms. The Morgan fingerprint density at radius 2 is 2.05 bits per heavy atom. The fraction of sp³-hybridized carbons (Fsp3) is 0.438. The van der Waals surface area contributed by atoms with E-state index in [2.05, 4.69) is 30.4 Å². The Balaban J connectivity index is 1.97. The molecular formula is C16H24N4O. The summed E-state index contributed by atoms with van der Waals surface area (Å²) in [6.07, 6.45) is 1.74. The SMILES string of the molecule is CCc1cc(CC(COc2ccccc2)NN)n(CC)n1. The highest BCUT2D eigenvalue weighted by Gasteiger charge is 2.13. The van der Waals surface area contributed by atoms with E-state index in [1.165, 1.54) is 5.69 Å². The van der Waals surface area contributed by atoms with E-state index in [1.54, 1.807) is 0 Å². The van der Waals surface area contributed by atoms with Gasteiger partial charge in [0.25, 0.3) is 0 Å². The molecule has 1 heterocycles. The molecule has 0 saturated heterocycles. The topological polar surface area (TPSA) is 65.1 Å². The van der Waals surface area contributed by atoms with Crippen LogP contribution in [-0.4, -0.2) is 22.4 Å². The lowest BCUT2D eigenvalue weighted by Gasteiger charge is -2.17. The molecule has 21 heavy (non-hydrogen) atoms. The summed E-state index contributed by atoms with van der Waals surface area (Å²) in [6.45, 7) is 5.60. The van der Waals surface area contributed by atoms with Gasteiger partial charge in [-0.15, -0.1) is 0 Å². The van der Waals surface area contributed by atoms with E-state index in [1.807, 2.05) is 35.0 Å². The molecule has 5 heteroatoms. The van der Waals surface area contributed by atoms with E-state index in [0.717, 1.165) is 30.8 Å². The Hall–Kier alpha value is -1.85. The molecule has 5 nitrogen and oxygen atoms in total. The van der Waals surface area contributed by atoms with Crippen molar-refractivity contribution in [1.82, 2.24) is 15.2 Å². The molecule has 0 saturated carbocycles. The Morgan fingerprint density at radius 1 is 1.29 bits per heavy atom. The Kier molecular flexibility index (Phi) is 5.78. The summed E-state index contributed by atoms with van der Waals surface area (Å²) >= 11 is 0. The van der Waals surface area contributed by atoms with Crippen molar-refractivity contribution in [2.45, 2.75) is 39.3 Å². The van der Waals surface area contributed by atoms with Gasteiger partial charge in [-0.1, -0.05) is 25.1 Å². The largest absolute Gasteiger partial charge is 0.492 e. The molecule has 2 aromatic rings. The van der Waals surface area contributed by atoms with Crippen molar-refractivity contribution in [2.24, 2.45) is 5.84 Å². The van der Waals surface area contributed by atoms with Crippen LogP contribution in [0.25, 0.3) is 0 Å². The normalized spacial score (nSPS) is 12.3. The maximum atomic E-state index is 5.77. The quantitative estimate of drug-likeness (QED) is 0.575. The van der Waals surface area contributed by atoms with Gasteiger partial charge in [0.05, 0.1) is 11.7 Å². The second-order valence-corrected chi connectivity index (χ2v) is 4.99. The van der Waals surface area contributed by atoms with Gasteiger partial charge in [0.2, 0.25) is 0 Å². The van der Waals surface area contributed by atoms with Gasteiger partial charge >= 0.3 is 0 Å². The van der Waals surface area contributed by atoms with Gasteiger partial charge in [-0.05, 0) is 31.5 Å². The number of hydrogen-bond acceptors (Lipinski definition) is 4. The maximum absolute atomic E-state index is 5.77. The summed E-state index contributed by atoms with van der Waals surface area (Å²) in [7, 11) is 0. The summed E-state index contributed by atoms with van der Waals surface area (Å²) in [4.78, 5) is 0. The number of nitrogens with one attached hydrogen (secondary N) is 1. The van der Waals surface area contributed by atoms with Crippen LogP contribution in [0.4, 0.5) is 0 Å².